The zero-order valence-electron chi connectivity index (χ0n) is 7.77. The molecule has 0 aliphatic rings. The molecule has 0 aromatic carbocycles. The molecule has 0 radical (unpaired) electrons. The third kappa shape index (κ3) is 2.16. The van der Waals surface area contributed by atoms with Gasteiger partial charge in [-0.15, -0.1) is 0 Å². The molecule has 0 aliphatic carbocycles. The lowest BCUT2D eigenvalue weighted by atomic mass is 10.1. The van der Waals surface area contributed by atoms with Gasteiger partial charge in [0.1, 0.15) is 5.69 Å². The number of hydrogen-bond acceptors (Lipinski definition) is 1. The lowest BCUT2D eigenvalue weighted by Crippen LogP contribution is -2.19. The van der Waals surface area contributed by atoms with Crippen LogP contribution in [0.3, 0.4) is 0 Å². The highest BCUT2D eigenvalue weighted by molar-refractivity contribution is 5.18. The molecule has 0 atom stereocenters. The van der Waals surface area contributed by atoms with Gasteiger partial charge in [0.2, 0.25) is 0 Å². The van der Waals surface area contributed by atoms with Crippen LogP contribution in [0.1, 0.15) is 31.0 Å². The molecule has 1 aromatic heterocycles. The van der Waals surface area contributed by atoms with Crippen LogP contribution in [0, 0.1) is 0 Å². The number of rotatable bonds is 1. The average Bonchev–Trinajstić information content (AvgIpc) is 2.01. The summed E-state index contributed by atoms with van der Waals surface area (Å²) in [5.74, 6) is -0.0824. The van der Waals surface area contributed by atoms with E-state index in [0.717, 1.165) is 6.07 Å². The van der Waals surface area contributed by atoms with E-state index in [1.165, 1.54) is 6.07 Å². The fourth-order valence-electron chi connectivity index (χ4n) is 1.10. The van der Waals surface area contributed by atoms with Crippen LogP contribution in [-0.4, -0.2) is 4.98 Å². The second kappa shape index (κ2) is 3.48. The lowest BCUT2D eigenvalue weighted by Gasteiger charge is -2.08. The summed E-state index contributed by atoms with van der Waals surface area (Å²) >= 11 is 0. The molecule has 78 valence electrons. The molecule has 0 spiro atoms. The molecule has 0 saturated heterocycles. The maximum atomic E-state index is 12.1. The fraction of sp³-hybridized carbons (Fsp3) is 0.444. The molecule has 0 bridgehead atoms. The van der Waals surface area contributed by atoms with Gasteiger partial charge in [-0.2, -0.15) is 13.2 Å². The Morgan fingerprint density at radius 3 is 2.21 bits per heavy atom. The zero-order chi connectivity index (χ0) is 10.9. The molecule has 0 fully saturated rings. The van der Waals surface area contributed by atoms with Crippen LogP contribution in [0.2, 0.25) is 0 Å². The molecule has 5 heteroatoms. The normalized spacial score (nSPS) is 12.1. The Balaban J connectivity index is 3.21. The van der Waals surface area contributed by atoms with Crippen molar-refractivity contribution in [2.75, 3.05) is 0 Å². The van der Waals surface area contributed by atoms with E-state index in [1.54, 1.807) is 13.8 Å². The quantitative estimate of drug-likeness (QED) is 0.750. The Morgan fingerprint density at radius 1 is 1.29 bits per heavy atom. The number of hydrogen-bond donors (Lipinski definition) is 1. The highest BCUT2D eigenvalue weighted by Crippen LogP contribution is 2.26. The Kier molecular flexibility index (Phi) is 2.69. The van der Waals surface area contributed by atoms with E-state index >= 15 is 0 Å². The molecular weight excluding hydrogens is 195 g/mol. The van der Waals surface area contributed by atoms with Crippen molar-refractivity contribution in [1.82, 2.24) is 4.98 Å². The van der Waals surface area contributed by atoms with Crippen LogP contribution in [0.15, 0.2) is 16.9 Å². The van der Waals surface area contributed by atoms with Crippen LogP contribution >= 0.6 is 0 Å². The summed E-state index contributed by atoms with van der Waals surface area (Å²) in [6.45, 7) is 3.50. The van der Waals surface area contributed by atoms with Gasteiger partial charge < -0.3 is 4.98 Å². The molecule has 1 N–H and O–H groups in total. The molecular formula is C9H10F3NO. The summed E-state index contributed by atoms with van der Waals surface area (Å²) < 4.78 is 36.4. The van der Waals surface area contributed by atoms with Gasteiger partial charge in [0.05, 0.1) is 0 Å². The van der Waals surface area contributed by atoms with Crippen molar-refractivity contribution >= 4 is 0 Å². The summed E-state index contributed by atoms with van der Waals surface area (Å²) in [7, 11) is 0. The zero-order valence-corrected chi connectivity index (χ0v) is 7.77. The second-order valence-electron chi connectivity index (χ2n) is 3.31. The molecule has 1 rings (SSSR count). The van der Waals surface area contributed by atoms with Gasteiger partial charge >= 0.3 is 6.18 Å². The minimum absolute atomic E-state index is 0.0824. The molecule has 0 saturated carbocycles. The first-order valence-corrected chi connectivity index (χ1v) is 4.13. The number of alkyl halides is 3. The third-order valence-electron chi connectivity index (χ3n) is 1.87. The first kappa shape index (κ1) is 10.8. The van der Waals surface area contributed by atoms with Gasteiger partial charge in [-0.1, -0.05) is 19.9 Å². The van der Waals surface area contributed by atoms with Crippen LogP contribution < -0.4 is 5.56 Å². The highest BCUT2D eigenvalue weighted by atomic mass is 19.4. The topological polar surface area (TPSA) is 32.9 Å². The number of aromatic nitrogens is 1. The standard InChI is InChI=1S/C9H10F3NO/c1-5(2)6-3-4-7(9(10,11)12)13-8(6)14/h3-5H,1-2H3,(H,13,14). The van der Waals surface area contributed by atoms with Crippen molar-refractivity contribution in [2.24, 2.45) is 0 Å². The van der Waals surface area contributed by atoms with Gasteiger partial charge in [-0.05, 0) is 12.0 Å². The van der Waals surface area contributed by atoms with Crippen molar-refractivity contribution in [2.45, 2.75) is 25.9 Å². The molecule has 2 nitrogen and oxygen atoms in total. The summed E-state index contributed by atoms with van der Waals surface area (Å²) in [6.07, 6.45) is -4.49. The largest absolute Gasteiger partial charge is 0.431 e. The van der Waals surface area contributed by atoms with E-state index in [-0.39, 0.29) is 5.92 Å². The fourth-order valence-corrected chi connectivity index (χ4v) is 1.10. The van der Waals surface area contributed by atoms with E-state index in [2.05, 4.69) is 0 Å². The lowest BCUT2D eigenvalue weighted by molar-refractivity contribution is -0.141. The summed E-state index contributed by atoms with van der Waals surface area (Å²) in [4.78, 5) is 13.0. The molecule has 1 aromatic rings. The van der Waals surface area contributed by atoms with Crippen molar-refractivity contribution in [3.63, 3.8) is 0 Å². The monoisotopic (exact) mass is 205 g/mol. The molecule has 1 heterocycles. The van der Waals surface area contributed by atoms with Crippen molar-refractivity contribution in [1.29, 1.82) is 0 Å². The summed E-state index contributed by atoms with van der Waals surface area (Å²) in [6, 6.07) is 2.10. The summed E-state index contributed by atoms with van der Waals surface area (Å²) in [5, 5.41) is 0. The smallest absolute Gasteiger partial charge is 0.318 e. The number of pyridine rings is 1. The predicted molar refractivity (Wildman–Crippen MR) is 46.2 cm³/mol. The van der Waals surface area contributed by atoms with E-state index in [4.69, 9.17) is 0 Å². The van der Waals surface area contributed by atoms with E-state index in [9.17, 15) is 18.0 Å². The molecule has 0 aliphatic heterocycles. The van der Waals surface area contributed by atoms with Crippen molar-refractivity contribution in [3.8, 4) is 0 Å². The third-order valence-corrected chi connectivity index (χ3v) is 1.87. The van der Waals surface area contributed by atoms with Crippen LogP contribution in [0.4, 0.5) is 13.2 Å². The van der Waals surface area contributed by atoms with Gasteiger partial charge in [0, 0.05) is 5.56 Å². The van der Waals surface area contributed by atoms with E-state index < -0.39 is 17.4 Å². The van der Waals surface area contributed by atoms with Crippen LogP contribution in [0.5, 0.6) is 0 Å². The van der Waals surface area contributed by atoms with Crippen molar-refractivity contribution in [3.05, 3.63) is 33.7 Å². The van der Waals surface area contributed by atoms with Gasteiger partial charge in [0.15, 0.2) is 0 Å². The maximum Gasteiger partial charge on any atom is 0.431 e. The number of halogens is 3. The van der Waals surface area contributed by atoms with Gasteiger partial charge in [0.25, 0.3) is 5.56 Å². The number of nitrogens with one attached hydrogen (secondary N) is 1. The van der Waals surface area contributed by atoms with Gasteiger partial charge in [-0.25, -0.2) is 0 Å². The van der Waals surface area contributed by atoms with Gasteiger partial charge in [-0.3, -0.25) is 4.79 Å². The first-order valence-electron chi connectivity index (χ1n) is 4.13. The first-order chi connectivity index (χ1) is 6.32. The van der Waals surface area contributed by atoms with E-state index in [0.29, 0.717) is 5.56 Å². The number of aromatic amines is 1. The summed E-state index contributed by atoms with van der Waals surface area (Å²) in [5.41, 5.74) is -1.32. The maximum absolute atomic E-state index is 12.1. The van der Waals surface area contributed by atoms with Crippen LogP contribution in [-0.2, 0) is 6.18 Å². The minimum Gasteiger partial charge on any atom is -0.318 e. The Hall–Kier alpha value is -1.26. The molecule has 0 unspecified atom stereocenters. The van der Waals surface area contributed by atoms with Crippen molar-refractivity contribution < 1.29 is 13.2 Å². The van der Waals surface area contributed by atoms with E-state index in [1.807, 2.05) is 4.98 Å². The average molecular weight is 205 g/mol. The Bertz CT molecular complexity index is 378. The molecule has 14 heavy (non-hydrogen) atoms. The number of H-pyrrole nitrogens is 1. The molecule has 0 amide bonds. The highest BCUT2D eigenvalue weighted by Gasteiger charge is 2.31. The predicted octanol–water partition coefficient (Wildman–Crippen LogP) is 2.52. The SMILES string of the molecule is CC(C)c1ccc(C(F)(F)F)[nH]c1=O. The second-order valence-corrected chi connectivity index (χ2v) is 3.31. The Labute approximate surface area is 78.8 Å². The Morgan fingerprint density at radius 2 is 1.86 bits per heavy atom. The minimum atomic E-state index is -4.49. The van der Waals surface area contributed by atoms with Crippen LogP contribution in [0.25, 0.3) is 0 Å².